The molecule has 10 aliphatic rings. The van der Waals surface area contributed by atoms with Crippen LogP contribution < -0.4 is 5.43 Å². The quantitative estimate of drug-likeness (QED) is 0.191. The highest BCUT2D eigenvalue weighted by atomic mass is 17.3. The third-order valence-electron chi connectivity index (χ3n) is 15.1. The van der Waals surface area contributed by atoms with Crippen LogP contribution in [0.3, 0.4) is 0 Å². The molecule has 2 aliphatic carbocycles. The maximum Gasteiger partial charge on any atom is 0.243 e. The fourth-order valence-corrected chi connectivity index (χ4v) is 12.1. The number of nitrogens with one attached hydrogen (secondary N) is 1. The maximum atomic E-state index is 14.3. The number of hydrazone groups is 1. The minimum absolute atomic E-state index is 0.105. The first-order chi connectivity index (χ1) is 24.9. The third-order valence-corrected chi connectivity index (χ3v) is 15.1. The summed E-state index contributed by atoms with van der Waals surface area (Å²) in [4.78, 5) is 43.6. The Bertz CT molecular complexity index is 1450. The van der Waals surface area contributed by atoms with Gasteiger partial charge >= 0.3 is 0 Å². The molecular formula is C40H57N3O9. The summed E-state index contributed by atoms with van der Waals surface area (Å²) >= 11 is 0. The standard InChI is InChI=1S/C40H57N3O9/c1-22-10-12-30-24(3)32(45-35-39(30)28(22)14-16-37(5,47-35)49-51-39)19-26(34(44)43-42-21-27-9-7-8-18-41-27)20-33-25(4)31-13-11-23(2)29-15-17-38(6)48-36(46-33)40(29,31)52-50-38/h7-9,18,21-26,28-33,35-36H,10-17,19-20H2,1-6H3,(H,43,44)/b42-21+/t22-,23+,24+,25-,26?,28?,29?,30-,31-,32+,33-,35-,36+,37-,38+,39-,40+/m0/s1. The van der Waals surface area contributed by atoms with Gasteiger partial charge in [-0.05, 0) is 113 Å². The number of carbonyl (C=O) groups is 1. The monoisotopic (exact) mass is 723 g/mol. The second kappa shape index (κ2) is 13.0. The summed E-state index contributed by atoms with van der Waals surface area (Å²) in [7, 11) is 0. The van der Waals surface area contributed by atoms with Gasteiger partial charge in [0, 0.05) is 36.8 Å². The normalized spacial score (nSPS) is 51.2. The largest absolute Gasteiger partial charge is 0.346 e. The molecule has 286 valence electrons. The lowest BCUT2D eigenvalue weighted by Gasteiger charge is -2.61. The minimum Gasteiger partial charge on any atom is -0.346 e. The van der Waals surface area contributed by atoms with Gasteiger partial charge in [0.15, 0.2) is 23.8 Å². The van der Waals surface area contributed by atoms with E-state index in [0.29, 0.717) is 30.4 Å². The van der Waals surface area contributed by atoms with E-state index in [-0.39, 0.29) is 53.6 Å². The summed E-state index contributed by atoms with van der Waals surface area (Å²) in [6, 6.07) is 5.60. The number of aromatic nitrogens is 1. The Labute approximate surface area is 307 Å². The smallest absolute Gasteiger partial charge is 0.243 e. The highest BCUT2D eigenvalue weighted by Crippen LogP contribution is 2.63. The molecule has 8 aliphatic heterocycles. The minimum atomic E-state index is -0.864. The second-order valence-electron chi connectivity index (χ2n) is 18.0. The molecule has 2 saturated carbocycles. The average Bonchev–Trinajstić information content (AvgIpc) is 3.50. The van der Waals surface area contributed by atoms with E-state index in [1.807, 2.05) is 32.0 Å². The summed E-state index contributed by atoms with van der Waals surface area (Å²) in [5, 5.41) is 4.35. The molecule has 1 aromatic rings. The third kappa shape index (κ3) is 5.56. The van der Waals surface area contributed by atoms with Crippen molar-refractivity contribution in [1.82, 2.24) is 10.4 Å². The van der Waals surface area contributed by atoms with E-state index in [1.165, 1.54) is 0 Å². The molecule has 11 rings (SSSR count). The lowest BCUT2D eigenvalue weighted by atomic mass is 9.56. The summed E-state index contributed by atoms with van der Waals surface area (Å²) < 4.78 is 27.4. The first-order valence-corrected chi connectivity index (χ1v) is 20.1. The van der Waals surface area contributed by atoms with Gasteiger partial charge < -0.3 is 18.9 Å². The summed E-state index contributed by atoms with van der Waals surface area (Å²) in [5.74, 6) is -0.313. The van der Waals surface area contributed by atoms with Crippen molar-refractivity contribution in [1.29, 1.82) is 0 Å². The lowest BCUT2D eigenvalue weighted by molar-refractivity contribution is -0.571. The van der Waals surface area contributed by atoms with Crippen LogP contribution in [-0.4, -0.2) is 64.7 Å². The Morgan fingerprint density at radius 1 is 0.788 bits per heavy atom. The van der Waals surface area contributed by atoms with Gasteiger partial charge in [0.1, 0.15) is 0 Å². The molecule has 1 N–H and O–H groups in total. The zero-order valence-electron chi connectivity index (χ0n) is 31.5. The van der Waals surface area contributed by atoms with E-state index in [1.54, 1.807) is 12.4 Å². The first kappa shape index (κ1) is 35.7. The van der Waals surface area contributed by atoms with E-state index >= 15 is 0 Å². The first-order valence-electron chi connectivity index (χ1n) is 20.1. The summed E-state index contributed by atoms with van der Waals surface area (Å²) in [5.41, 5.74) is 2.21. The van der Waals surface area contributed by atoms with E-state index in [9.17, 15) is 4.79 Å². The highest BCUT2D eigenvalue weighted by molar-refractivity contribution is 5.82. The Morgan fingerprint density at radius 3 is 1.83 bits per heavy atom. The molecule has 12 heteroatoms. The molecular weight excluding hydrogens is 666 g/mol. The number of nitrogens with zero attached hydrogens (tertiary/aromatic N) is 2. The average molecular weight is 724 g/mol. The summed E-state index contributed by atoms with van der Waals surface area (Å²) in [6.45, 7) is 13.1. The number of hydrogen-bond acceptors (Lipinski definition) is 11. The van der Waals surface area contributed by atoms with E-state index in [0.717, 1.165) is 51.4 Å². The predicted molar refractivity (Wildman–Crippen MR) is 186 cm³/mol. The molecule has 1 aromatic heterocycles. The van der Waals surface area contributed by atoms with Crippen LogP contribution in [0.15, 0.2) is 29.5 Å². The van der Waals surface area contributed by atoms with Gasteiger partial charge in [0.25, 0.3) is 0 Å². The van der Waals surface area contributed by atoms with Crippen molar-refractivity contribution in [3.8, 4) is 0 Å². The Morgan fingerprint density at radius 2 is 1.33 bits per heavy atom. The van der Waals surface area contributed by atoms with Gasteiger partial charge in [0.05, 0.1) is 24.1 Å². The highest BCUT2D eigenvalue weighted by Gasteiger charge is 2.71. The second-order valence-corrected chi connectivity index (χ2v) is 18.0. The van der Waals surface area contributed by atoms with Crippen LogP contribution in [0.4, 0.5) is 0 Å². The molecule has 0 aromatic carbocycles. The molecule has 1 amide bonds. The van der Waals surface area contributed by atoms with Crippen molar-refractivity contribution >= 4 is 12.1 Å². The van der Waals surface area contributed by atoms with Crippen molar-refractivity contribution in [3.63, 3.8) is 0 Å². The molecule has 2 spiro atoms. The zero-order valence-corrected chi connectivity index (χ0v) is 31.5. The van der Waals surface area contributed by atoms with Crippen LogP contribution in [0.1, 0.15) is 111 Å². The molecule has 3 unspecified atom stereocenters. The van der Waals surface area contributed by atoms with Crippen LogP contribution in [0.25, 0.3) is 0 Å². The van der Waals surface area contributed by atoms with E-state index in [2.05, 4.69) is 43.2 Å². The lowest BCUT2D eigenvalue weighted by Crippen LogP contribution is -2.70. The van der Waals surface area contributed by atoms with Crippen molar-refractivity contribution in [2.45, 2.75) is 153 Å². The van der Waals surface area contributed by atoms with Gasteiger partial charge in [-0.2, -0.15) is 5.10 Å². The zero-order chi connectivity index (χ0) is 36.0. The van der Waals surface area contributed by atoms with Gasteiger partial charge in [-0.1, -0.05) is 33.8 Å². The molecule has 9 heterocycles. The maximum absolute atomic E-state index is 14.3. The molecule has 12 nitrogen and oxygen atoms in total. The number of rotatable bonds is 7. The van der Waals surface area contributed by atoms with Crippen molar-refractivity contribution < 1.29 is 43.3 Å². The number of carbonyl (C=O) groups excluding carboxylic acids is 1. The number of ether oxygens (including phenoxy) is 4. The molecule has 10 fully saturated rings. The summed E-state index contributed by atoms with van der Waals surface area (Å²) in [6.07, 6.45) is 10.3. The van der Waals surface area contributed by atoms with Gasteiger partial charge in [-0.3, -0.25) is 9.78 Å². The van der Waals surface area contributed by atoms with Crippen molar-refractivity contribution in [2.75, 3.05) is 0 Å². The van der Waals surface area contributed by atoms with Crippen LogP contribution in [-0.2, 0) is 43.3 Å². The van der Waals surface area contributed by atoms with E-state index < -0.39 is 41.3 Å². The number of amides is 1. The van der Waals surface area contributed by atoms with Gasteiger partial charge in [-0.15, -0.1) is 0 Å². The Kier molecular flexibility index (Phi) is 8.94. The van der Waals surface area contributed by atoms with E-state index in [4.69, 9.17) is 38.5 Å². The van der Waals surface area contributed by atoms with Crippen molar-refractivity contribution in [3.05, 3.63) is 30.1 Å². The Hall–Kier alpha value is -2.03. The topological polar surface area (TPSA) is 128 Å². The van der Waals surface area contributed by atoms with Crippen LogP contribution in [0.5, 0.6) is 0 Å². The Balaban J connectivity index is 1.00. The molecule has 0 radical (unpaired) electrons. The molecule has 8 saturated heterocycles. The van der Waals surface area contributed by atoms with Crippen LogP contribution in [0, 0.1) is 53.3 Å². The fourth-order valence-electron chi connectivity index (χ4n) is 12.1. The van der Waals surface area contributed by atoms with Crippen LogP contribution in [0.2, 0.25) is 0 Å². The number of pyridine rings is 1. The van der Waals surface area contributed by atoms with Crippen LogP contribution >= 0.6 is 0 Å². The van der Waals surface area contributed by atoms with Gasteiger partial charge in [0.2, 0.25) is 17.5 Å². The molecule has 4 bridgehead atoms. The number of hydrogen-bond donors (Lipinski definition) is 1. The molecule has 17 atom stereocenters. The number of fused-ring (bicyclic) bond motifs is 4. The SMILES string of the molecule is C[C@@H]1[C@H](CC(C[C@H]2O[C@H]3O[C@]4(C)CCC5[C@@H](C)CC[C@@H]([C@H]2C)[C@@]53OO4)C(=O)N/N=C/c2ccccn2)O[C@@H]2O[C@@]3(C)CCC4[C@H](C)CC[C@@H]1[C@]42OO3. The predicted octanol–water partition coefficient (Wildman–Crippen LogP) is 6.43. The van der Waals surface area contributed by atoms with Gasteiger partial charge in [-0.25, -0.2) is 25.0 Å². The fraction of sp³-hybridized carbons (Fsp3) is 0.825. The van der Waals surface area contributed by atoms with Crippen molar-refractivity contribution in [2.24, 2.45) is 58.4 Å². The molecule has 52 heavy (non-hydrogen) atoms.